The van der Waals surface area contributed by atoms with Crippen molar-refractivity contribution in [3.05, 3.63) is 35.9 Å². The largest absolute Gasteiger partial charge is 0.388 e. The summed E-state index contributed by atoms with van der Waals surface area (Å²) in [5.41, 5.74) is 1.01. The number of carbonyl (C=O) groups is 1. The predicted octanol–water partition coefficient (Wildman–Crippen LogP) is 3.22. The summed E-state index contributed by atoms with van der Waals surface area (Å²) in [4.78, 5) is 16.9. The average Bonchev–Trinajstić information content (AvgIpc) is 2.62. The summed E-state index contributed by atoms with van der Waals surface area (Å²) in [6, 6.07) is 9.95. The van der Waals surface area contributed by atoms with Crippen molar-refractivity contribution >= 4 is 5.91 Å². The Hall–Kier alpha value is -1.39. The maximum absolute atomic E-state index is 12.6. The van der Waals surface area contributed by atoms with Gasteiger partial charge in [0, 0.05) is 13.1 Å². The summed E-state index contributed by atoms with van der Waals surface area (Å²) in [7, 11) is 0. The Morgan fingerprint density at radius 2 is 1.56 bits per heavy atom. The molecule has 4 heteroatoms. The fourth-order valence-corrected chi connectivity index (χ4v) is 4.14. The molecule has 1 aromatic carbocycles. The highest BCUT2D eigenvalue weighted by Crippen LogP contribution is 2.30. The Kier molecular flexibility index (Phi) is 6.88. The van der Waals surface area contributed by atoms with Crippen molar-refractivity contribution in [1.82, 2.24) is 9.80 Å². The number of aliphatic hydroxyl groups is 1. The van der Waals surface area contributed by atoms with E-state index in [1.165, 1.54) is 19.3 Å². The zero-order valence-electron chi connectivity index (χ0n) is 15.3. The monoisotopic (exact) mass is 344 g/mol. The van der Waals surface area contributed by atoms with E-state index in [9.17, 15) is 9.90 Å². The number of hydrogen-bond donors (Lipinski definition) is 1. The van der Waals surface area contributed by atoms with Crippen molar-refractivity contribution in [3.8, 4) is 0 Å². The first-order chi connectivity index (χ1) is 12.2. The number of aliphatic hydroxyl groups excluding tert-OH is 1. The van der Waals surface area contributed by atoms with Crippen molar-refractivity contribution in [2.75, 3.05) is 32.7 Å². The first-order valence-corrected chi connectivity index (χ1v) is 9.97. The van der Waals surface area contributed by atoms with Gasteiger partial charge in [-0.3, -0.25) is 9.69 Å². The van der Waals surface area contributed by atoms with Crippen LogP contribution < -0.4 is 0 Å². The quantitative estimate of drug-likeness (QED) is 0.912. The predicted molar refractivity (Wildman–Crippen MR) is 100 cm³/mol. The number of amides is 1. The summed E-state index contributed by atoms with van der Waals surface area (Å²) in [5, 5.41) is 10.6. The molecular formula is C21H32N2O2. The topological polar surface area (TPSA) is 43.8 Å². The van der Waals surface area contributed by atoms with Gasteiger partial charge in [0.2, 0.25) is 5.91 Å². The van der Waals surface area contributed by atoms with Crippen LogP contribution in [0.4, 0.5) is 0 Å². The van der Waals surface area contributed by atoms with Gasteiger partial charge in [-0.25, -0.2) is 0 Å². The lowest BCUT2D eigenvalue weighted by atomic mass is 9.87. The maximum Gasteiger partial charge on any atom is 0.236 e. The smallest absolute Gasteiger partial charge is 0.236 e. The number of carbonyl (C=O) groups excluding carboxylic acids is 1. The second-order valence-electron chi connectivity index (χ2n) is 7.62. The summed E-state index contributed by atoms with van der Waals surface area (Å²) >= 11 is 0. The Labute approximate surface area is 151 Å². The van der Waals surface area contributed by atoms with Crippen LogP contribution in [0.3, 0.4) is 0 Å². The van der Waals surface area contributed by atoms with E-state index < -0.39 is 0 Å². The SMILES string of the molecule is O=C(CN1CCC(C(O)c2ccccc2)CC1)N1CCCCCCC1. The number of likely N-dealkylation sites (tertiary alicyclic amines) is 2. The molecule has 2 heterocycles. The summed E-state index contributed by atoms with van der Waals surface area (Å²) in [6.07, 6.45) is 7.67. The zero-order chi connectivity index (χ0) is 17.5. The summed E-state index contributed by atoms with van der Waals surface area (Å²) < 4.78 is 0. The fraction of sp³-hybridized carbons (Fsp3) is 0.667. The lowest BCUT2D eigenvalue weighted by molar-refractivity contribution is -0.133. The van der Waals surface area contributed by atoms with Gasteiger partial charge in [-0.1, -0.05) is 49.6 Å². The Bertz CT molecular complexity index is 518. The number of piperidine rings is 1. The summed E-state index contributed by atoms with van der Waals surface area (Å²) in [5.74, 6) is 0.597. The van der Waals surface area contributed by atoms with Gasteiger partial charge < -0.3 is 10.0 Å². The molecule has 2 fully saturated rings. The molecular weight excluding hydrogens is 312 g/mol. The maximum atomic E-state index is 12.6. The number of nitrogens with zero attached hydrogens (tertiary/aromatic N) is 2. The Morgan fingerprint density at radius 3 is 2.20 bits per heavy atom. The Balaban J connectivity index is 1.45. The van der Waals surface area contributed by atoms with Gasteiger partial charge in [-0.15, -0.1) is 0 Å². The molecule has 2 aliphatic rings. The van der Waals surface area contributed by atoms with Crippen molar-refractivity contribution in [2.24, 2.45) is 5.92 Å². The van der Waals surface area contributed by atoms with Crippen LogP contribution in [-0.2, 0) is 4.79 Å². The van der Waals surface area contributed by atoms with Gasteiger partial charge in [-0.05, 0) is 50.3 Å². The molecule has 0 aromatic heterocycles. The Morgan fingerprint density at radius 1 is 0.960 bits per heavy atom. The highest BCUT2D eigenvalue weighted by molar-refractivity contribution is 5.78. The highest BCUT2D eigenvalue weighted by Gasteiger charge is 2.27. The molecule has 0 saturated carbocycles. The molecule has 1 N–H and O–H groups in total. The molecule has 2 aliphatic heterocycles. The fourth-order valence-electron chi connectivity index (χ4n) is 4.14. The zero-order valence-corrected chi connectivity index (χ0v) is 15.3. The van der Waals surface area contributed by atoms with E-state index in [2.05, 4.69) is 9.80 Å². The van der Waals surface area contributed by atoms with Crippen LogP contribution >= 0.6 is 0 Å². The lowest BCUT2D eigenvalue weighted by Gasteiger charge is -2.35. The molecule has 4 nitrogen and oxygen atoms in total. The molecule has 0 bridgehead atoms. The van der Waals surface area contributed by atoms with Gasteiger partial charge in [0.1, 0.15) is 0 Å². The third kappa shape index (κ3) is 5.29. The molecule has 138 valence electrons. The van der Waals surface area contributed by atoms with Crippen LogP contribution in [0.2, 0.25) is 0 Å². The second-order valence-corrected chi connectivity index (χ2v) is 7.62. The standard InChI is InChI=1S/C21H32N2O2/c24-20(23-13-7-2-1-3-8-14-23)17-22-15-11-19(12-16-22)21(25)18-9-5-4-6-10-18/h4-6,9-10,19,21,25H,1-3,7-8,11-17H2. The molecule has 0 spiro atoms. The number of hydrogen-bond acceptors (Lipinski definition) is 3. The van der Waals surface area contributed by atoms with E-state index in [4.69, 9.17) is 0 Å². The third-order valence-electron chi connectivity index (χ3n) is 5.79. The minimum absolute atomic E-state index is 0.295. The summed E-state index contributed by atoms with van der Waals surface area (Å²) in [6.45, 7) is 4.24. The van der Waals surface area contributed by atoms with E-state index in [1.807, 2.05) is 30.3 Å². The van der Waals surface area contributed by atoms with Crippen LogP contribution in [0, 0.1) is 5.92 Å². The molecule has 1 amide bonds. The van der Waals surface area contributed by atoms with Gasteiger partial charge in [-0.2, -0.15) is 0 Å². The minimum atomic E-state index is -0.381. The van der Waals surface area contributed by atoms with E-state index in [0.29, 0.717) is 18.4 Å². The van der Waals surface area contributed by atoms with Gasteiger partial charge in [0.15, 0.2) is 0 Å². The van der Waals surface area contributed by atoms with E-state index in [0.717, 1.165) is 57.4 Å². The lowest BCUT2D eigenvalue weighted by Crippen LogP contribution is -2.44. The second kappa shape index (κ2) is 9.35. The molecule has 1 aromatic rings. The van der Waals surface area contributed by atoms with Crippen LogP contribution in [0.5, 0.6) is 0 Å². The van der Waals surface area contributed by atoms with Crippen molar-refractivity contribution in [1.29, 1.82) is 0 Å². The molecule has 0 radical (unpaired) electrons. The molecule has 0 aliphatic carbocycles. The van der Waals surface area contributed by atoms with Crippen molar-refractivity contribution in [2.45, 2.75) is 51.0 Å². The van der Waals surface area contributed by atoms with Gasteiger partial charge in [0.25, 0.3) is 0 Å². The van der Waals surface area contributed by atoms with E-state index >= 15 is 0 Å². The number of rotatable bonds is 4. The molecule has 25 heavy (non-hydrogen) atoms. The molecule has 3 rings (SSSR count). The highest BCUT2D eigenvalue weighted by atomic mass is 16.3. The molecule has 2 saturated heterocycles. The minimum Gasteiger partial charge on any atom is -0.388 e. The van der Waals surface area contributed by atoms with Gasteiger partial charge in [0.05, 0.1) is 12.6 Å². The third-order valence-corrected chi connectivity index (χ3v) is 5.79. The molecule has 1 atom stereocenters. The van der Waals surface area contributed by atoms with Crippen molar-refractivity contribution in [3.63, 3.8) is 0 Å². The van der Waals surface area contributed by atoms with E-state index in [-0.39, 0.29) is 6.10 Å². The van der Waals surface area contributed by atoms with E-state index in [1.54, 1.807) is 0 Å². The normalized spacial score (nSPS) is 22.2. The van der Waals surface area contributed by atoms with Crippen LogP contribution in [-0.4, -0.2) is 53.5 Å². The van der Waals surface area contributed by atoms with Crippen molar-refractivity contribution < 1.29 is 9.90 Å². The van der Waals surface area contributed by atoms with Crippen LogP contribution in [0.1, 0.15) is 56.6 Å². The van der Waals surface area contributed by atoms with Crippen LogP contribution in [0.15, 0.2) is 30.3 Å². The van der Waals surface area contributed by atoms with Crippen LogP contribution in [0.25, 0.3) is 0 Å². The molecule has 1 unspecified atom stereocenters. The average molecular weight is 344 g/mol. The number of benzene rings is 1. The first kappa shape index (κ1) is 18.4. The van der Waals surface area contributed by atoms with Gasteiger partial charge >= 0.3 is 0 Å². The first-order valence-electron chi connectivity index (χ1n) is 9.97.